The van der Waals surface area contributed by atoms with Gasteiger partial charge in [-0.1, -0.05) is 63.4 Å². The number of rotatable bonds is 7. The molecule has 0 radical (unpaired) electrons. The van der Waals surface area contributed by atoms with E-state index >= 15 is 0 Å². The Morgan fingerprint density at radius 1 is 1.12 bits per heavy atom. The van der Waals surface area contributed by atoms with Gasteiger partial charge >= 0.3 is 0 Å². The maximum atomic E-state index is 11.9. The number of benzene rings is 1. The van der Waals surface area contributed by atoms with Crippen molar-refractivity contribution in [2.45, 2.75) is 46.0 Å². The van der Waals surface area contributed by atoms with Crippen molar-refractivity contribution in [1.29, 1.82) is 0 Å². The molecule has 0 spiro atoms. The van der Waals surface area contributed by atoms with E-state index in [2.05, 4.69) is 13.8 Å². The van der Waals surface area contributed by atoms with Gasteiger partial charge in [-0.15, -0.1) is 0 Å². The molecular weight excluding hydrogens is 196 g/mol. The predicted octanol–water partition coefficient (Wildman–Crippen LogP) is 4.48. The number of hydrogen-bond donors (Lipinski definition) is 0. The largest absolute Gasteiger partial charge is 0.294 e. The van der Waals surface area contributed by atoms with E-state index in [1.165, 1.54) is 19.3 Å². The van der Waals surface area contributed by atoms with Gasteiger partial charge in [0.25, 0.3) is 0 Å². The monoisotopic (exact) mass is 218 g/mol. The van der Waals surface area contributed by atoms with Crippen molar-refractivity contribution in [3.8, 4) is 0 Å². The minimum absolute atomic E-state index is 0.287. The summed E-state index contributed by atoms with van der Waals surface area (Å²) in [5, 5.41) is 0. The molecule has 1 heteroatoms. The van der Waals surface area contributed by atoms with Crippen LogP contribution in [0.1, 0.15) is 56.3 Å². The highest BCUT2D eigenvalue weighted by Crippen LogP contribution is 2.18. The summed E-state index contributed by atoms with van der Waals surface area (Å²) in [5.41, 5.74) is 0.855. The van der Waals surface area contributed by atoms with Crippen molar-refractivity contribution in [1.82, 2.24) is 0 Å². The summed E-state index contributed by atoms with van der Waals surface area (Å²) in [5.74, 6) is 1.01. The molecule has 1 unspecified atom stereocenters. The first-order chi connectivity index (χ1) is 7.77. The molecular formula is C15H22O. The number of hydrogen-bond acceptors (Lipinski definition) is 1. The van der Waals surface area contributed by atoms with Crippen molar-refractivity contribution >= 4 is 5.78 Å². The maximum absolute atomic E-state index is 11.9. The van der Waals surface area contributed by atoms with Crippen LogP contribution in [0.15, 0.2) is 30.3 Å². The van der Waals surface area contributed by atoms with Crippen LogP contribution in [0, 0.1) is 5.92 Å². The first-order valence-electron chi connectivity index (χ1n) is 6.36. The summed E-state index contributed by atoms with van der Waals surface area (Å²) in [7, 11) is 0. The Bertz CT molecular complexity index is 302. The third-order valence-corrected chi connectivity index (χ3v) is 3.15. The van der Waals surface area contributed by atoms with Crippen molar-refractivity contribution in [3.63, 3.8) is 0 Å². The number of carbonyl (C=O) groups is 1. The highest BCUT2D eigenvalue weighted by molar-refractivity contribution is 5.95. The standard InChI is InChI=1S/C15H22O/c1-3-8-13(4-2)11-12-15(16)14-9-6-5-7-10-14/h5-7,9-10,13H,3-4,8,11-12H2,1-2H3. The molecule has 0 aliphatic rings. The Morgan fingerprint density at radius 3 is 2.38 bits per heavy atom. The van der Waals surface area contributed by atoms with E-state index in [0.717, 1.165) is 17.9 Å². The SMILES string of the molecule is CCCC(CC)CCC(=O)c1ccccc1. The van der Waals surface area contributed by atoms with Crippen LogP contribution in [0.25, 0.3) is 0 Å². The maximum Gasteiger partial charge on any atom is 0.162 e. The van der Waals surface area contributed by atoms with Crippen LogP contribution in [0.2, 0.25) is 0 Å². The lowest BCUT2D eigenvalue weighted by Gasteiger charge is -2.12. The highest BCUT2D eigenvalue weighted by Gasteiger charge is 2.09. The molecule has 0 saturated carbocycles. The van der Waals surface area contributed by atoms with E-state index in [9.17, 15) is 4.79 Å². The lowest BCUT2D eigenvalue weighted by Crippen LogP contribution is -2.04. The van der Waals surface area contributed by atoms with Gasteiger partial charge in [0, 0.05) is 12.0 Å². The minimum atomic E-state index is 0.287. The van der Waals surface area contributed by atoms with Crippen LogP contribution in [0.4, 0.5) is 0 Å². The molecule has 0 aromatic heterocycles. The Hall–Kier alpha value is -1.11. The summed E-state index contributed by atoms with van der Waals surface area (Å²) in [6.07, 6.45) is 5.40. The van der Waals surface area contributed by atoms with Crippen LogP contribution in [-0.4, -0.2) is 5.78 Å². The molecule has 0 saturated heterocycles. The molecule has 0 amide bonds. The number of carbonyl (C=O) groups excluding carboxylic acids is 1. The van der Waals surface area contributed by atoms with E-state index in [0.29, 0.717) is 6.42 Å². The summed E-state index contributed by atoms with van der Waals surface area (Å²) in [6.45, 7) is 4.43. The lowest BCUT2D eigenvalue weighted by atomic mass is 9.93. The van der Waals surface area contributed by atoms with Crippen molar-refractivity contribution in [2.24, 2.45) is 5.92 Å². The van der Waals surface area contributed by atoms with Crippen LogP contribution in [0.3, 0.4) is 0 Å². The molecule has 1 rings (SSSR count). The quantitative estimate of drug-likeness (QED) is 0.617. The molecule has 0 fully saturated rings. The fraction of sp³-hybridized carbons (Fsp3) is 0.533. The molecule has 0 N–H and O–H groups in total. The zero-order valence-electron chi connectivity index (χ0n) is 10.4. The average molecular weight is 218 g/mol. The number of Topliss-reactive ketones (excluding diaryl/α,β-unsaturated/α-hetero) is 1. The first kappa shape index (κ1) is 13.0. The van der Waals surface area contributed by atoms with Crippen LogP contribution >= 0.6 is 0 Å². The summed E-state index contributed by atoms with van der Waals surface area (Å²) >= 11 is 0. The van der Waals surface area contributed by atoms with Gasteiger partial charge in [0.1, 0.15) is 0 Å². The molecule has 16 heavy (non-hydrogen) atoms. The molecule has 88 valence electrons. The van der Waals surface area contributed by atoms with Gasteiger partial charge in [0.2, 0.25) is 0 Å². The summed E-state index contributed by atoms with van der Waals surface area (Å²) in [4.78, 5) is 11.9. The van der Waals surface area contributed by atoms with E-state index in [1.807, 2.05) is 30.3 Å². The molecule has 0 bridgehead atoms. The zero-order chi connectivity index (χ0) is 11.8. The highest BCUT2D eigenvalue weighted by atomic mass is 16.1. The topological polar surface area (TPSA) is 17.1 Å². The first-order valence-corrected chi connectivity index (χ1v) is 6.36. The lowest BCUT2D eigenvalue weighted by molar-refractivity contribution is 0.0972. The van der Waals surface area contributed by atoms with Crippen molar-refractivity contribution < 1.29 is 4.79 Å². The third kappa shape index (κ3) is 4.18. The second-order valence-corrected chi connectivity index (χ2v) is 4.39. The fourth-order valence-corrected chi connectivity index (χ4v) is 2.06. The molecule has 1 aromatic carbocycles. The Labute approximate surface area is 98.9 Å². The van der Waals surface area contributed by atoms with Crippen molar-refractivity contribution in [3.05, 3.63) is 35.9 Å². The fourth-order valence-electron chi connectivity index (χ4n) is 2.06. The van der Waals surface area contributed by atoms with Gasteiger partial charge in [-0.2, -0.15) is 0 Å². The van der Waals surface area contributed by atoms with Crippen LogP contribution < -0.4 is 0 Å². The average Bonchev–Trinajstić information content (AvgIpc) is 2.35. The molecule has 1 aromatic rings. The summed E-state index contributed by atoms with van der Waals surface area (Å²) in [6, 6.07) is 9.61. The molecule has 1 nitrogen and oxygen atoms in total. The molecule has 0 aliphatic heterocycles. The Kier molecular flexibility index (Phi) is 5.84. The van der Waals surface area contributed by atoms with Crippen LogP contribution in [-0.2, 0) is 0 Å². The van der Waals surface area contributed by atoms with Gasteiger partial charge in [0.15, 0.2) is 5.78 Å². The van der Waals surface area contributed by atoms with E-state index in [1.54, 1.807) is 0 Å². The third-order valence-electron chi connectivity index (χ3n) is 3.15. The predicted molar refractivity (Wildman–Crippen MR) is 68.7 cm³/mol. The Balaban J connectivity index is 2.40. The van der Waals surface area contributed by atoms with Crippen LogP contribution in [0.5, 0.6) is 0 Å². The van der Waals surface area contributed by atoms with Gasteiger partial charge < -0.3 is 0 Å². The summed E-state index contributed by atoms with van der Waals surface area (Å²) < 4.78 is 0. The number of ketones is 1. The second-order valence-electron chi connectivity index (χ2n) is 4.39. The zero-order valence-corrected chi connectivity index (χ0v) is 10.4. The molecule has 1 atom stereocenters. The van der Waals surface area contributed by atoms with E-state index in [4.69, 9.17) is 0 Å². The van der Waals surface area contributed by atoms with Gasteiger partial charge in [0.05, 0.1) is 0 Å². The molecule has 0 heterocycles. The van der Waals surface area contributed by atoms with Gasteiger partial charge in [-0.3, -0.25) is 4.79 Å². The van der Waals surface area contributed by atoms with E-state index in [-0.39, 0.29) is 5.78 Å². The van der Waals surface area contributed by atoms with Gasteiger partial charge in [-0.05, 0) is 12.3 Å². The van der Waals surface area contributed by atoms with E-state index < -0.39 is 0 Å². The Morgan fingerprint density at radius 2 is 1.81 bits per heavy atom. The van der Waals surface area contributed by atoms with Gasteiger partial charge in [-0.25, -0.2) is 0 Å². The van der Waals surface area contributed by atoms with Crippen molar-refractivity contribution in [2.75, 3.05) is 0 Å². The molecule has 0 aliphatic carbocycles. The normalized spacial score (nSPS) is 12.4. The smallest absolute Gasteiger partial charge is 0.162 e. The minimum Gasteiger partial charge on any atom is -0.294 e. The second kappa shape index (κ2) is 7.21.